The van der Waals surface area contributed by atoms with Gasteiger partial charge in [-0.25, -0.2) is 0 Å². The first kappa shape index (κ1) is 19.5. The lowest BCUT2D eigenvalue weighted by Crippen LogP contribution is -2.13. The van der Waals surface area contributed by atoms with Crippen molar-refractivity contribution in [2.75, 3.05) is 0 Å². The molecular formula is C27H41. The van der Waals surface area contributed by atoms with E-state index in [2.05, 4.69) is 18.2 Å². The zero-order valence-electron chi connectivity index (χ0n) is 17.6. The standard InChI is InChI=1S/C27H41/c1-2-8-15-22(14-7-1)25-20-13-21-26(23-16-9-3-4-10-17-23)27(25)24-18-11-5-6-12-19-24/h20-24H,1-12,14-19H2. The van der Waals surface area contributed by atoms with E-state index in [1.54, 1.807) is 11.1 Å². The molecule has 0 atom stereocenters. The molecule has 27 heavy (non-hydrogen) atoms. The Morgan fingerprint density at radius 3 is 1.15 bits per heavy atom. The van der Waals surface area contributed by atoms with E-state index >= 15 is 0 Å². The predicted molar refractivity (Wildman–Crippen MR) is 117 cm³/mol. The summed E-state index contributed by atoms with van der Waals surface area (Å²) in [5.41, 5.74) is 5.37. The second-order valence-corrected chi connectivity index (χ2v) is 9.85. The molecule has 1 aromatic carbocycles. The van der Waals surface area contributed by atoms with E-state index in [0.717, 1.165) is 17.8 Å². The Morgan fingerprint density at radius 1 is 0.444 bits per heavy atom. The molecule has 0 heterocycles. The van der Waals surface area contributed by atoms with E-state index in [4.69, 9.17) is 0 Å². The third-order valence-electron chi connectivity index (χ3n) is 7.95. The second kappa shape index (κ2) is 10.1. The molecule has 1 aromatic rings. The number of hydrogen-bond acceptors (Lipinski definition) is 0. The normalized spacial score (nSPS) is 24.9. The van der Waals surface area contributed by atoms with Crippen LogP contribution in [0.1, 0.15) is 150 Å². The summed E-state index contributed by atoms with van der Waals surface area (Å²) in [6.45, 7) is 0. The molecule has 0 spiro atoms. The summed E-state index contributed by atoms with van der Waals surface area (Å²) in [5.74, 6) is 2.50. The van der Waals surface area contributed by atoms with Crippen LogP contribution >= 0.6 is 0 Å². The van der Waals surface area contributed by atoms with Gasteiger partial charge in [-0.3, -0.25) is 0 Å². The van der Waals surface area contributed by atoms with Gasteiger partial charge >= 0.3 is 0 Å². The highest BCUT2D eigenvalue weighted by Gasteiger charge is 2.28. The Balaban J connectivity index is 1.71. The van der Waals surface area contributed by atoms with Crippen LogP contribution in [-0.4, -0.2) is 0 Å². The van der Waals surface area contributed by atoms with Gasteiger partial charge in [0.15, 0.2) is 0 Å². The number of hydrogen-bond donors (Lipinski definition) is 0. The highest BCUT2D eigenvalue weighted by atomic mass is 14.3. The van der Waals surface area contributed by atoms with Crippen LogP contribution < -0.4 is 0 Å². The van der Waals surface area contributed by atoms with Gasteiger partial charge in [0, 0.05) is 0 Å². The Labute approximate surface area is 168 Å². The Bertz CT molecular complexity index is 509. The van der Waals surface area contributed by atoms with Gasteiger partial charge in [0.25, 0.3) is 0 Å². The smallest absolute Gasteiger partial charge is 0.0156 e. The van der Waals surface area contributed by atoms with Crippen LogP contribution in [0.2, 0.25) is 0 Å². The molecule has 0 aliphatic heterocycles. The highest BCUT2D eigenvalue weighted by molar-refractivity contribution is 5.42. The first-order valence-corrected chi connectivity index (χ1v) is 12.5. The third-order valence-corrected chi connectivity index (χ3v) is 7.95. The van der Waals surface area contributed by atoms with Crippen molar-refractivity contribution in [1.29, 1.82) is 0 Å². The molecule has 149 valence electrons. The van der Waals surface area contributed by atoms with Crippen molar-refractivity contribution in [2.24, 2.45) is 0 Å². The molecule has 0 amide bonds. The lowest BCUT2D eigenvalue weighted by molar-refractivity contribution is 0.526. The second-order valence-electron chi connectivity index (χ2n) is 9.85. The van der Waals surface area contributed by atoms with Crippen molar-refractivity contribution in [3.05, 3.63) is 34.9 Å². The Morgan fingerprint density at radius 2 is 0.778 bits per heavy atom. The largest absolute Gasteiger partial charge is 0.0533 e. The van der Waals surface area contributed by atoms with Crippen LogP contribution in [-0.2, 0) is 0 Å². The maximum atomic E-state index is 3.66. The average Bonchev–Trinajstić information content (AvgIpc) is 3.23. The molecule has 3 aliphatic carbocycles. The molecule has 0 nitrogen and oxygen atoms in total. The van der Waals surface area contributed by atoms with Gasteiger partial charge < -0.3 is 0 Å². The van der Waals surface area contributed by atoms with E-state index in [0.29, 0.717) is 0 Å². The van der Waals surface area contributed by atoms with Gasteiger partial charge in [0.1, 0.15) is 0 Å². The van der Waals surface area contributed by atoms with Crippen molar-refractivity contribution < 1.29 is 0 Å². The minimum Gasteiger partial charge on any atom is -0.0533 e. The summed E-state index contributed by atoms with van der Waals surface area (Å²) in [5, 5.41) is 0. The first-order valence-electron chi connectivity index (χ1n) is 12.5. The molecule has 0 heteroatoms. The summed E-state index contributed by atoms with van der Waals surface area (Å²) < 4.78 is 0. The minimum absolute atomic E-state index is 0.827. The van der Waals surface area contributed by atoms with Gasteiger partial charge in [0.2, 0.25) is 0 Å². The molecular weight excluding hydrogens is 324 g/mol. The van der Waals surface area contributed by atoms with Crippen LogP contribution in [0.25, 0.3) is 0 Å². The Kier molecular flexibility index (Phi) is 7.33. The fourth-order valence-electron chi connectivity index (χ4n) is 6.44. The molecule has 0 N–H and O–H groups in total. The van der Waals surface area contributed by atoms with Gasteiger partial charge in [-0.05, 0) is 79.0 Å². The topological polar surface area (TPSA) is 0 Å². The maximum absolute atomic E-state index is 3.66. The minimum atomic E-state index is 0.827. The van der Waals surface area contributed by atoms with E-state index in [-0.39, 0.29) is 0 Å². The SMILES string of the molecule is [c]1cc(C2CCCCCC2)c(C2CCCCCC2)c(C2CCCCCC2)c1. The quantitative estimate of drug-likeness (QED) is 0.469. The molecule has 0 aromatic heterocycles. The van der Waals surface area contributed by atoms with Crippen LogP contribution in [0, 0.1) is 6.07 Å². The van der Waals surface area contributed by atoms with Crippen molar-refractivity contribution in [2.45, 2.75) is 133 Å². The fourth-order valence-corrected chi connectivity index (χ4v) is 6.44. The third kappa shape index (κ3) is 4.99. The van der Waals surface area contributed by atoms with Gasteiger partial charge in [-0.15, -0.1) is 0 Å². The van der Waals surface area contributed by atoms with Gasteiger partial charge in [-0.2, -0.15) is 0 Å². The lowest BCUT2D eigenvalue weighted by atomic mass is 9.75. The summed E-state index contributed by atoms with van der Waals surface area (Å²) in [6, 6.07) is 8.54. The van der Waals surface area contributed by atoms with Crippen molar-refractivity contribution in [1.82, 2.24) is 0 Å². The van der Waals surface area contributed by atoms with Gasteiger partial charge in [-0.1, -0.05) is 89.2 Å². The van der Waals surface area contributed by atoms with Crippen molar-refractivity contribution in [3.63, 3.8) is 0 Å². The van der Waals surface area contributed by atoms with E-state index in [1.165, 1.54) is 116 Å². The summed E-state index contributed by atoms with van der Waals surface area (Å²) in [7, 11) is 0. The number of benzene rings is 1. The highest BCUT2D eigenvalue weighted by Crippen LogP contribution is 2.45. The monoisotopic (exact) mass is 365 g/mol. The van der Waals surface area contributed by atoms with Crippen LogP contribution in [0.3, 0.4) is 0 Å². The van der Waals surface area contributed by atoms with Crippen LogP contribution in [0.15, 0.2) is 12.1 Å². The fraction of sp³-hybridized carbons (Fsp3) is 0.778. The first-order chi connectivity index (χ1) is 13.4. The van der Waals surface area contributed by atoms with Crippen LogP contribution in [0.5, 0.6) is 0 Å². The lowest BCUT2D eigenvalue weighted by Gasteiger charge is -2.30. The Hall–Kier alpha value is -0.780. The summed E-state index contributed by atoms with van der Waals surface area (Å²) >= 11 is 0. The van der Waals surface area contributed by atoms with Gasteiger partial charge in [0.05, 0.1) is 0 Å². The van der Waals surface area contributed by atoms with Crippen molar-refractivity contribution in [3.8, 4) is 0 Å². The molecule has 3 fully saturated rings. The summed E-state index contributed by atoms with van der Waals surface area (Å²) in [6.07, 6.45) is 26.1. The maximum Gasteiger partial charge on any atom is -0.0156 e. The van der Waals surface area contributed by atoms with E-state index in [1.807, 2.05) is 5.56 Å². The van der Waals surface area contributed by atoms with E-state index in [9.17, 15) is 0 Å². The van der Waals surface area contributed by atoms with Crippen molar-refractivity contribution >= 4 is 0 Å². The molecule has 0 bridgehead atoms. The average molecular weight is 366 g/mol. The summed E-state index contributed by atoms with van der Waals surface area (Å²) in [4.78, 5) is 0. The zero-order valence-corrected chi connectivity index (χ0v) is 17.6. The van der Waals surface area contributed by atoms with E-state index < -0.39 is 0 Å². The molecule has 3 saturated carbocycles. The molecule has 0 unspecified atom stereocenters. The molecule has 3 aliphatic rings. The molecule has 0 saturated heterocycles. The van der Waals surface area contributed by atoms with Crippen LogP contribution in [0.4, 0.5) is 0 Å². The zero-order chi connectivity index (χ0) is 18.3. The number of rotatable bonds is 3. The molecule has 4 rings (SSSR count). The molecule has 1 radical (unpaired) electrons. The predicted octanol–water partition coefficient (Wildman–Crippen LogP) is 8.80.